The molecule has 0 fully saturated rings. The van der Waals surface area contributed by atoms with Crippen molar-refractivity contribution in [1.82, 2.24) is 25.1 Å². The highest BCUT2D eigenvalue weighted by molar-refractivity contribution is 5.99. The molecule has 0 radical (unpaired) electrons. The fourth-order valence-corrected chi connectivity index (χ4v) is 4.43. The van der Waals surface area contributed by atoms with E-state index in [-0.39, 0.29) is 22.8 Å². The Morgan fingerprint density at radius 1 is 0.911 bits per heavy atom. The van der Waals surface area contributed by atoms with E-state index < -0.39 is 11.8 Å². The summed E-state index contributed by atoms with van der Waals surface area (Å²) in [5.74, 6) is 0.248. The first-order chi connectivity index (χ1) is 21.5. The molecule has 0 unspecified atom stereocenters. The molecular weight excluding hydrogens is 573 g/mol. The molecule has 5 aromatic rings. The van der Waals surface area contributed by atoms with E-state index in [0.717, 1.165) is 11.3 Å². The Bertz CT molecular complexity index is 1820. The van der Waals surface area contributed by atoms with Crippen molar-refractivity contribution >= 4 is 23.4 Å². The number of nitrogens with one attached hydrogen (secondary N) is 3. The van der Waals surface area contributed by atoms with Gasteiger partial charge in [-0.25, -0.2) is 13.9 Å². The van der Waals surface area contributed by atoms with Crippen LogP contribution in [0, 0.1) is 12.7 Å². The quantitative estimate of drug-likeness (QED) is 0.169. The average molecular weight is 608 g/mol. The van der Waals surface area contributed by atoms with Gasteiger partial charge in [0.25, 0.3) is 5.91 Å². The molecule has 0 aliphatic carbocycles. The van der Waals surface area contributed by atoms with Gasteiger partial charge in [0, 0.05) is 60.0 Å². The Morgan fingerprint density at radius 3 is 2.42 bits per heavy atom. The predicted octanol–water partition coefficient (Wildman–Crippen LogP) is 6.82. The number of rotatable bonds is 9. The van der Waals surface area contributed by atoms with Crippen LogP contribution in [0.25, 0.3) is 5.69 Å². The summed E-state index contributed by atoms with van der Waals surface area (Å²) in [6, 6.07) is 19.4. The average Bonchev–Trinajstić information content (AvgIpc) is 3.43. The van der Waals surface area contributed by atoms with Crippen molar-refractivity contribution in [3.8, 4) is 17.2 Å². The lowest BCUT2D eigenvalue weighted by Gasteiger charge is -2.14. The zero-order valence-corrected chi connectivity index (χ0v) is 25.5. The van der Waals surface area contributed by atoms with E-state index >= 15 is 0 Å². The van der Waals surface area contributed by atoms with Crippen LogP contribution < -0.4 is 20.7 Å². The van der Waals surface area contributed by atoms with Gasteiger partial charge in [-0.1, -0.05) is 26.8 Å². The van der Waals surface area contributed by atoms with E-state index in [1.54, 1.807) is 71.8 Å². The molecule has 3 N–H and O–H groups in total. The third-order valence-corrected chi connectivity index (χ3v) is 6.81. The number of carbonyl (C=O) groups is 2. The Labute approximate surface area is 260 Å². The van der Waals surface area contributed by atoms with E-state index in [4.69, 9.17) is 9.84 Å². The first-order valence-electron chi connectivity index (χ1n) is 14.4. The van der Waals surface area contributed by atoms with E-state index in [9.17, 15) is 14.0 Å². The topological polar surface area (TPSA) is 123 Å². The number of amides is 3. The van der Waals surface area contributed by atoms with E-state index in [1.165, 1.54) is 12.1 Å². The maximum Gasteiger partial charge on any atom is 0.324 e. The number of ether oxygens (including phenoxy) is 1. The number of hydrogen-bond acceptors (Lipinski definition) is 6. The number of carbonyl (C=O) groups excluding carboxylic acids is 2. The summed E-state index contributed by atoms with van der Waals surface area (Å²) in [6.07, 6.45) is 5.71. The molecule has 0 bridgehead atoms. The normalized spacial score (nSPS) is 11.1. The van der Waals surface area contributed by atoms with Crippen LogP contribution in [0.1, 0.15) is 48.1 Å². The Hall–Kier alpha value is -5.58. The molecular formula is C34H34FN7O3. The minimum Gasteiger partial charge on any atom is -0.457 e. The van der Waals surface area contributed by atoms with E-state index in [1.807, 2.05) is 39.8 Å². The van der Waals surface area contributed by atoms with Crippen molar-refractivity contribution in [2.24, 2.45) is 0 Å². The molecule has 3 aromatic heterocycles. The molecule has 0 saturated heterocycles. The van der Waals surface area contributed by atoms with Crippen LogP contribution in [-0.2, 0) is 11.8 Å². The van der Waals surface area contributed by atoms with Crippen LogP contribution >= 0.6 is 0 Å². The molecule has 230 valence electrons. The SMILES string of the molecule is Cc1cc(Oc2ccc(NC(=O)Nc3cc(C(C)(C)C)nn3-c3cccc(C(=O)NCCc4ccncc4)c3)c(F)c2)ccn1. The Balaban J connectivity index is 1.30. The summed E-state index contributed by atoms with van der Waals surface area (Å²) >= 11 is 0. The van der Waals surface area contributed by atoms with Crippen molar-refractivity contribution in [2.45, 2.75) is 39.5 Å². The molecule has 2 aromatic carbocycles. The smallest absolute Gasteiger partial charge is 0.324 e. The highest BCUT2D eigenvalue weighted by atomic mass is 19.1. The molecule has 3 heterocycles. The number of anilines is 2. The second-order valence-electron chi connectivity index (χ2n) is 11.4. The first-order valence-corrected chi connectivity index (χ1v) is 14.4. The number of hydrogen-bond donors (Lipinski definition) is 3. The van der Waals surface area contributed by atoms with Gasteiger partial charge in [-0.3, -0.25) is 20.1 Å². The number of aryl methyl sites for hydroxylation is 1. The van der Waals surface area contributed by atoms with Gasteiger partial charge in [-0.2, -0.15) is 5.10 Å². The van der Waals surface area contributed by atoms with Crippen LogP contribution in [-0.4, -0.2) is 38.2 Å². The lowest BCUT2D eigenvalue weighted by molar-refractivity contribution is 0.0954. The molecule has 45 heavy (non-hydrogen) atoms. The van der Waals surface area contributed by atoms with Crippen LogP contribution in [0.15, 0.2) is 91.4 Å². The first kappa shape index (κ1) is 30.9. The highest BCUT2D eigenvalue weighted by Crippen LogP contribution is 2.28. The summed E-state index contributed by atoms with van der Waals surface area (Å²) in [4.78, 5) is 34.1. The summed E-state index contributed by atoms with van der Waals surface area (Å²) in [6.45, 7) is 8.30. The minimum atomic E-state index is -0.668. The highest BCUT2D eigenvalue weighted by Gasteiger charge is 2.22. The monoisotopic (exact) mass is 607 g/mol. The summed E-state index contributed by atoms with van der Waals surface area (Å²) < 4.78 is 22.2. The van der Waals surface area contributed by atoms with E-state index in [2.05, 4.69) is 25.9 Å². The second-order valence-corrected chi connectivity index (χ2v) is 11.4. The van der Waals surface area contributed by atoms with Gasteiger partial charge in [0.15, 0.2) is 0 Å². The fourth-order valence-electron chi connectivity index (χ4n) is 4.43. The van der Waals surface area contributed by atoms with Gasteiger partial charge in [-0.05, 0) is 67.4 Å². The van der Waals surface area contributed by atoms with Crippen LogP contribution in [0.5, 0.6) is 11.5 Å². The van der Waals surface area contributed by atoms with Crippen LogP contribution in [0.2, 0.25) is 0 Å². The third-order valence-electron chi connectivity index (χ3n) is 6.81. The third kappa shape index (κ3) is 8.08. The molecule has 0 atom stereocenters. The molecule has 0 saturated carbocycles. The lowest BCUT2D eigenvalue weighted by atomic mass is 9.92. The zero-order valence-electron chi connectivity index (χ0n) is 25.5. The fraction of sp³-hybridized carbons (Fsp3) is 0.206. The van der Waals surface area contributed by atoms with Gasteiger partial charge in [-0.15, -0.1) is 0 Å². The molecule has 11 heteroatoms. The second kappa shape index (κ2) is 13.4. The van der Waals surface area contributed by atoms with Crippen molar-refractivity contribution in [1.29, 1.82) is 0 Å². The maximum absolute atomic E-state index is 14.9. The van der Waals surface area contributed by atoms with Crippen molar-refractivity contribution in [2.75, 3.05) is 17.2 Å². The number of halogens is 1. The zero-order chi connectivity index (χ0) is 32.0. The Kier molecular flexibility index (Phi) is 9.17. The predicted molar refractivity (Wildman–Crippen MR) is 171 cm³/mol. The van der Waals surface area contributed by atoms with Gasteiger partial charge < -0.3 is 15.4 Å². The van der Waals surface area contributed by atoms with Crippen LogP contribution in [0.3, 0.4) is 0 Å². The maximum atomic E-state index is 14.9. The number of pyridine rings is 2. The van der Waals surface area contributed by atoms with Crippen molar-refractivity contribution in [3.05, 3.63) is 120 Å². The van der Waals surface area contributed by atoms with Crippen molar-refractivity contribution < 1.29 is 18.7 Å². The standard InChI is InChI=1S/C34H34FN7O3/c1-22-18-27(13-17-37-22)45-26-8-9-29(28(35)20-26)39-33(44)40-31-21-30(34(2,3)4)41-42(31)25-7-5-6-24(19-25)32(43)38-16-12-23-10-14-36-15-11-23/h5-11,13-15,17-21H,12,16H2,1-4H3,(H,38,43)(H2,39,40,44). The van der Waals surface area contributed by atoms with Gasteiger partial charge in [0.2, 0.25) is 0 Å². The molecule has 0 aliphatic heterocycles. The van der Waals surface area contributed by atoms with Crippen molar-refractivity contribution in [3.63, 3.8) is 0 Å². The Morgan fingerprint density at radius 2 is 1.69 bits per heavy atom. The van der Waals surface area contributed by atoms with Gasteiger partial charge in [0.05, 0.1) is 17.1 Å². The lowest BCUT2D eigenvalue weighted by Crippen LogP contribution is -2.26. The van der Waals surface area contributed by atoms with Gasteiger partial charge in [0.1, 0.15) is 23.1 Å². The molecule has 10 nitrogen and oxygen atoms in total. The summed E-state index contributed by atoms with van der Waals surface area (Å²) in [5, 5.41) is 13.0. The summed E-state index contributed by atoms with van der Waals surface area (Å²) in [7, 11) is 0. The summed E-state index contributed by atoms with van der Waals surface area (Å²) in [5.41, 5.74) is 3.20. The largest absolute Gasteiger partial charge is 0.457 e. The molecule has 0 spiro atoms. The minimum absolute atomic E-state index is 0.0293. The molecule has 5 rings (SSSR count). The van der Waals surface area contributed by atoms with Crippen LogP contribution in [0.4, 0.5) is 20.7 Å². The number of nitrogens with zero attached hydrogens (tertiary/aromatic N) is 4. The molecule has 0 aliphatic rings. The number of aromatic nitrogens is 4. The number of benzene rings is 2. The molecule has 3 amide bonds. The number of urea groups is 1. The van der Waals surface area contributed by atoms with E-state index in [0.29, 0.717) is 41.5 Å². The van der Waals surface area contributed by atoms with Gasteiger partial charge >= 0.3 is 6.03 Å².